The number of likely N-dealkylation sites (tertiary alicyclic amines) is 1. The molecule has 0 spiro atoms. The predicted molar refractivity (Wildman–Crippen MR) is 91.2 cm³/mol. The van der Waals surface area contributed by atoms with Crippen LogP contribution in [0.2, 0.25) is 0 Å². The second-order valence-corrected chi connectivity index (χ2v) is 6.83. The van der Waals surface area contributed by atoms with Crippen molar-refractivity contribution in [2.45, 2.75) is 39.2 Å². The van der Waals surface area contributed by atoms with E-state index in [1.807, 2.05) is 25.7 Å². The zero-order valence-corrected chi connectivity index (χ0v) is 15.1. The van der Waals surface area contributed by atoms with Gasteiger partial charge in [0, 0.05) is 26.2 Å². The highest BCUT2D eigenvalue weighted by molar-refractivity contribution is 7.80. The number of hydrogen-bond acceptors (Lipinski definition) is 5. The van der Waals surface area contributed by atoms with E-state index < -0.39 is 11.7 Å². The Bertz CT molecular complexity index is 429. The third kappa shape index (κ3) is 7.49. The van der Waals surface area contributed by atoms with Gasteiger partial charge in [-0.05, 0) is 45.8 Å². The monoisotopic (exact) mass is 345 g/mol. The van der Waals surface area contributed by atoms with Crippen LogP contribution in [0.25, 0.3) is 0 Å². The standard InChI is InChI=1S/C15H27N3O4S/c1-15(2,3)22-14(20)17-8-7-16-13(23)18-9-5-11(6-10-18)12(19)21-4/h11H,5-10H2,1-4H3,(H,16,23)(H,17,20). The number of nitrogens with zero attached hydrogens (tertiary/aromatic N) is 1. The van der Waals surface area contributed by atoms with Gasteiger partial charge in [0.15, 0.2) is 5.11 Å². The third-order valence-corrected chi connectivity index (χ3v) is 3.79. The summed E-state index contributed by atoms with van der Waals surface area (Å²) in [6.07, 6.45) is 1.04. The molecule has 1 rings (SSSR count). The van der Waals surface area contributed by atoms with Crippen LogP contribution < -0.4 is 10.6 Å². The zero-order chi connectivity index (χ0) is 17.5. The first-order valence-corrected chi connectivity index (χ1v) is 8.21. The fourth-order valence-corrected chi connectivity index (χ4v) is 2.53. The average molecular weight is 345 g/mol. The molecule has 0 unspecified atom stereocenters. The molecule has 0 saturated carbocycles. The molecule has 0 aromatic rings. The van der Waals surface area contributed by atoms with Crippen molar-refractivity contribution in [1.82, 2.24) is 15.5 Å². The van der Waals surface area contributed by atoms with Gasteiger partial charge in [-0.3, -0.25) is 4.79 Å². The molecule has 0 radical (unpaired) electrons. The lowest BCUT2D eigenvalue weighted by Gasteiger charge is -2.32. The van der Waals surface area contributed by atoms with Crippen LogP contribution in [-0.2, 0) is 14.3 Å². The van der Waals surface area contributed by atoms with Gasteiger partial charge in [0.05, 0.1) is 13.0 Å². The molecule has 1 aliphatic rings. The van der Waals surface area contributed by atoms with E-state index in [2.05, 4.69) is 10.6 Å². The summed E-state index contributed by atoms with van der Waals surface area (Å²) in [6, 6.07) is 0. The van der Waals surface area contributed by atoms with E-state index in [-0.39, 0.29) is 11.9 Å². The minimum absolute atomic E-state index is 0.0344. The van der Waals surface area contributed by atoms with Crippen LogP contribution in [0.4, 0.5) is 4.79 Å². The Kier molecular flexibility index (Phi) is 7.54. The van der Waals surface area contributed by atoms with Gasteiger partial charge in [-0.2, -0.15) is 0 Å². The molecular weight excluding hydrogens is 318 g/mol. The molecule has 0 aromatic heterocycles. The van der Waals surface area contributed by atoms with Gasteiger partial charge in [0.2, 0.25) is 0 Å². The Morgan fingerprint density at radius 1 is 1.17 bits per heavy atom. The molecule has 0 aliphatic carbocycles. The highest BCUT2D eigenvalue weighted by atomic mass is 32.1. The van der Waals surface area contributed by atoms with E-state index >= 15 is 0 Å². The van der Waals surface area contributed by atoms with Crippen LogP contribution in [0.15, 0.2) is 0 Å². The Labute approximate surface area is 143 Å². The molecular formula is C15H27N3O4S. The summed E-state index contributed by atoms with van der Waals surface area (Å²) in [5.74, 6) is -0.182. The molecule has 1 aliphatic heterocycles. The lowest BCUT2D eigenvalue weighted by atomic mass is 9.97. The van der Waals surface area contributed by atoms with Crippen molar-refractivity contribution in [3.8, 4) is 0 Å². The fraction of sp³-hybridized carbons (Fsp3) is 0.800. The van der Waals surface area contributed by atoms with Crippen LogP contribution in [0, 0.1) is 5.92 Å². The number of nitrogens with one attached hydrogen (secondary N) is 2. The van der Waals surface area contributed by atoms with Crippen molar-refractivity contribution in [3.63, 3.8) is 0 Å². The Balaban J connectivity index is 2.18. The van der Waals surface area contributed by atoms with E-state index in [9.17, 15) is 9.59 Å². The molecule has 8 heteroatoms. The normalized spacial score (nSPS) is 15.7. The number of thiocarbonyl (C=S) groups is 1. The molecule has 1 fully saturated rings. The van der Waals surface area contributed by atoms with Gasteiger partial charge in [0.25, 0.3) is 0 Å². The molecule has 23 heavy (non-hydrogen) atoms. The van der Waals surface area contributed by atoms with Crippen LogP contribution >= 0.6 is 12.2 Å². The highest BCUT2D eigenvalue weighted by Gasteiger charge is 2.26. The zero-order valence-electron chi connectivity index (χ0n) is 14.3. The van der Waals surface area contributed by atoms with Crippen LogP contribution in [0.3, 0.4) is 0 Å². The number of carbonyl (C=O) groups is 2. The van der Waals surface area contributed by atoms with Crippen LogP contribution in [0.1, 0.15) is 33.6 Å². The summed E-state index contributed by atoms with van der Waals surface area (Å²) in [4.78, 5) is 25.0. The topological polar surface area (TPSA) is 79.9 Å². The van der Waals surface area contributed by atoms with E-state index in [0.717, 1.165) is 25.9 Å². The minimum atomic E-state index is -0.503. The van der Waals surface area contributed by atoms with Crippen LogP contribution in [-0.4, -0.2) is 61.0 Å². The van der Waals surface area contributed by atoms with Gasteiger partial charge < -0.3 is 25.0 Å². The summed E-state index contributed by atoms with van der Waals surface area (Å²) in [5.41, 5.74) is -0.503. The van der Waals surface area contributed by atoms with Crippen molar-refractivity contribution in [2.75, 3.05) is 33.3 Å². The van der Waals surface area contributed by atoms with E-state index in [0.29, 0.717) is 18.2 Å². The fourth-order valence-electron chi connectivity index (χ4n) is 2.24. The Morgan fingerprint density at radius 2 is 1.74 bits per heavy atom. The highest BCUT2D eigenvalue weighted by Crippen LogP contribution is 2.18. The van der Waals surface area contributed by atoms with Crippen molar-refractivity contribution in [1.29, 1.82) is 0 Å². The Hall–Kier alpha value is -1.57. The summed E-state index contributed by atoms with van der Waals surface area (Å²) in [6.45, 7) is 7.85. The molecule has 0 atom stereocenters. The number of hydrogen-bond donors (Lipinski definition) is 2. The SMILES string of the molecule is COC(=O)C1CCN(C(=S)NCCNC(=O)OC(C)(C)C)CC1. The molecule has 7 nitrogen and oxygen atoms in total. The maximum absolute atomic E-state index is 11.5. The third-order valence-electron chi connectivity index (χ3n) is 3.39. The Morgan fingerprint density at radius 3 is 2.26 bits per heavy atom. The molecule has 0 aromatic carbocycles. The summed E-state index contributed by atoms with van der Waals surface area (Å²) < 4.78 is 9.90. The van der Waals surface area contributed by atoms with Gasteiger partial charge in [-0.25, -0.2) is 4.79 Å². The average Bonchev–Trinajstić information content (AvgIpc) is 2.49. The number of carbonyl (C=O) groups excluding carboxylic acids is 2. The molecule has 1 saturated heterocycles. The quantitative estimate of drug-likeness (QED) is 0.451. The predicted octanol–water partition coefficient (Wildman–Crippen LogP) is 1.27. The lowest BCUT2D eigenvalue weighted by molar-refractivity contribution is -0.146. The summed E-state index contributed by atoms with van der Waals surface area (Å²) in [5, 5.41) is 6.40. The number of alkyl carbamates (subject to hydrolysis) is 1. The van der Waals surface area contributed by atoms with Gasteiger partial charge in [-0.1, -0.05) is 0 Å². The van der Waals surface area contributed by atoms with Gasteiger partial charge >= 0.3 is 12.1 Å². The molecule has 2 N–H and O–H groups in total. The van der Waals surface area contributed by atoms with Crippen molar-refractivity contribution < 1.29 is 19.1 Å². The van der Waals surface area contributed by atoms with Gasteiger partial charge in [0.1, 0.15) is 5.60 Å². The first-order chi connectivity index (χ1) is 10.7. The van der Waals surface area contributed by atoms with Crippen molar-refractivity contribution >= 4 is 29.4 Å². The number of methoxy groups -OCH3 is 1. The lowest BCUT2D eigenvalue weighted by Crippen LogP contribution is -2.47. The van der Waals surface area contributed by atoms with Gasteiger partial charge in [-0.15, -0.1) is 0 Å². The van der Waals surface area contributed by atoms with Crippen molar-refractivity contribution in [2.24, 2.45) is 5.92 Å². The first kappa shape index (κ1) is 19.5. The first-order valence-electron chi connectivity index (χ1n) is 7.80. The van der Waals surface area contributed by atoms with Crippen LogP contribution in [0.5, 0.6) is 0 Å². The van der Waals surface area contributed by atoms with Crippen molar-refractivity contribution in [3.05, 3.63) is 0 Å². The van der Waals surface area contributed by atoms with E-state index in [1.54, 1.807) is 0 Å². The number of ether oxygens (including phenoxy) is 2. The molecule has 0 bridgehead atoms. The second kappa shape index (κ2) is 8.90. The summed E-state index contributed by atoms with van der Waals surface area (Å²) >= 11 is 5.33. The molecule has 1 heterocycles. The molecule has 132 valence electrons. The second-order valence-electron chi connectivity index (χ2n) is 6.45. The number of esters is 1. The number of rotatable bonds is 4. The number of amides is 1. The largest absolute Gasteiger partial charge is 0.469 e. The maximum atomic E-state index is 11.5. The minimum Gasteiger partial charge on any atom is -0.469 e. The maximum Gasteiger partial charge on any atom is 0.407 e. The van der Waals surface area contributed by atoms with E-state index in [1.165, 1.54) is 7.11 Å². The number of piperidine rings is 1. The molecule has 1 amide bonds. The smallest absolute Gasteiger partial charge is 0.407 e. The van der Waals surface area contributed by atoms with E-state index in [4.69, 9.17) is 21.7 Å². The summed E-state index contributed by atoms with van der Waals surface area (Å²) in [7, 11) is 1.42.